The first-order valence-electron chi connectivity index (χ1n) is 5.81. The molecule has 0 radical (unpaired) electrons. The third-order valence-corrected chi connectivity index (χ3v) is 3.38. The van der Waals surface area contributed by atoms with E-state index < -0.39 is 4.92 Å². The van der Waals surface area contributed by atoms with Crippen LogP contribution in [0.2, 0.25) is 0 Å². The average molecular weight is 354 g/mol. The van der Waals surface area contributed by atoms with Crippen LogP contribution < -0.4 is 15.8 Å². The van der Waals surface area contributed by atoms with E-state index in [4.69, 9.17) is 10.5 Å². The van der Waals surface area contributed by atoms with E-state index >= 15 is 0 Å². The van der Waals surface area contributed by atoms with E-state index in [1.165, 1.54) is 14.0 Å². The molecule has 1 heterocycles. The van der Waals surface area contributed by atoms with Gasteiger partial charge in [0.05, 0.1) is 17.7 Å². The summed E-state index contributed by atoms with van der Waals surface area (Å²) < 4.78 is 5.82. The molecule has 0 saturated heterocycles. The summed E-state index contributed by atoms with van der Waals surface area (Å²) in [6.45, 7) is 1.50. The van der Waals surface area contributed by atoms with Gasteiger partial charge in [0.1, 0.15) is 11.4 Å². The normalized spacial score (nSPS) is 10.2. The van der Waals surface area contributed by atoms with Crippen LogP contribution in [0.25, 0.3) is 0 Å². The number of hydrogen-bond acceptors (Lipinski definition) is 7. The lowest BCUT2D eigenvalue weighted by atomic mass is 10.3. The second-order valence-electron chi connectivity index (χ2n) is 4.09. The molecule has 0 amide bonds. The molecule has 0 fully saturated rings. The van der Waals surface area contributed by atoms with Crippen molar-refractivity contribution in [2.75, 3.05) is 18.2 Å². The fraction of sp³-hybridized carbons (Fsp3) is 0.167. The molecule has 1 aromatic heterocycles. The predicted molar refractivity (Wildman–Crippen MR) is 81.8 cm³/mol. The van der Waals surface area contributed by atoms with Gasteiger partial charge in [0.25, 0.3) is 0 Å². The molecule has 1 aromatic carbocycles. The van der Waals surface area contributed by atoms with Crippen LogP contribution in [0, 0.1) is 17.0 Å². The number of hydrogen-bond donors (Lipinski definition) is 2. The second kappa shape index (κ2) is 5.92. The summed E-state index contributed by atoms with van der Waals surface area (Å²) in [5, 5.41) is 14.0. The highest BCUT2D eigenvalue weighted by Gasteiger charge is 2.22. The molecule has 0 unspecified atom stereocenters. The number of nitrogens with one attached hydrogen (secondary N) is 1. The molecule has 0 spiro atoms. The van der Waals surface area contributed by atoms with Gasteiger partial charge < -0.3 is 15.8 Å². The quantitative estimate of drug-likeness (QED) is 0.640. The highest BCUT2D eigenvalue weighted by Crippen LogP contribution is 2.33. The number of anilines is 3. The van der Waals surface area contributed by atoms with Crippen molar-refractivity contribution in [2.24, 2.45) is 0 Å². The van der Waals surface area contributed by atoms with Crippen LogP contribution in [0.4, 0.5) is 23.1 Å². The van der Waals surface area contributed by atoms with Gasteiger partial charge in [-0.2, -0.15) is 4.98 Å². The Labute approximate surface area is 128 Å². The molecule has 2 aromatic rings. The van der Waals surface area contributed by atoms with Crippen molar-refractivity contribution in [1.29, 1.82) is 0 Å². The van der Waals surface area contributed by atoms with Gasteiger partial charge in [-0.3, -0.25) is 10.1 Å². The Bertz CT molecular complexity index is 708. The number of aromatic nitrogens is 2. The number of methoxy groups -OCH3 is 1. The molecule has 0 atom stereocenters. The van der Waals surface area contributed by atoms with Gasteiger partial charge in [-0.15, -0.1) is 0 Å². The molecule has 2 rings (SSSR count). The number of rotatable bonds is 4. The lowest BCUT2D eigenvalue weighted by molar-refractivity contribution is -0.385. The fourth-order valence-electron chi connectivity index (χ4n) is 1.75. The molecule has 9 heteroatoms. The number of halogens is 1. The Morgan fingerprint density at radius 3 is 2.76 bits per heavy atom. The van der Waals surface area contributed by atoms with Gasteiger partial charge in [-0.05, 0) is 35.0 Å². The summed E-state index contributed by atoms with van der Waals surface area (Å²) >= 11 is 3.35. The minimum Gasteiger partial charge on any atom is -0.497 e. The lowest BCUT2D eigenvalue weighted by Crippen LogP contribution is -2.07. The SMILES string of the molecule is COc1ccc(Br)c(Nc2nc(N)nc(C)c2[N+](=O)[O-])c1. The highest BCUT2D eigenvalue weighted by molar-refractivity contribution is 9.10. The number of aryl methyl sites for hydroxylation is 1. The van der Waals surface area contributed by atoms with Crippen LogP contribution in [0.3, 0.4) is 0 Å². The summed E-state index contributed by atoms with van der Waals surface area (Å²) in [6.07, 6.45) is 0. The van der Waals surface area contributed by atoms with Crippen molar-refractivity contribution in [3.05, 3.63) is 38.5 Å². The first kappa shape index (κ1) is 15.0. The number of nitrogen functional groups attached to an aromatic ring is 1. The third-order valence-electron chi connectivity index (χ3n) is 2.68. The largest absolute Gasteiger partial charge is 0.497 e. The van der Waals surface area contributed by atoms with E-state index in [1.807, 2.05) is 0 Å². The van der Waals surface area contributed by atoms with Gasteiger partial charge in [0, 0.05) is 10.5 Å². The topological polar surface area (TPSA) is 116 Å². The van der Waals surface area contributed by atoms with Crippen molar-refractivity contribution in [2.45, 2.75) is 6.92 Å². The smallest absolute Gasteiger partial charge is 0.332 e. The van der Waals surface area contributed by atoms with Crippen molar-refractivity contribution in [3.8, 4) is 5.75 Å². The first-order chi connectivity index (χ1) is 9.92. The second-order valence-corrected chi connectivity index (χ2v) is 4.95. The van der Waals surface area contributed by atoms with E-state index in [1.54, 1.807) is 18.2 Å². The van der Waals surface area contributed by atoms with Gasteiger partial charge in [-0.1, -0.05) is 0 Å². The van der Waals surface area contributed by atoms with Crippen molar-refractivity contribution in [3.63, 3.8) is 0 Å². The molecule has 0 bridgehead atoms. The number of ether oxygens (including phenoxy) is 1. The van der Waals surface area contributed by atoms with Crippen molar-refractivity contribution in [1.82, 2.24) is 9.97 Å². The lowest BCUT2D eigenvalue weighted by Gasteiger charge is -2.11. The van der Waals surface area contributed by atoms with Crippen LogP contribution in [0.5, 0.6) is 5.75 Å². The summed E-state index contributed by atoms with van der Waals surface area (Å²) in [4.78, 5) is 18.3. The Balaban J connectivity index is 2.51. The molecule has 8 nitrogen and oxygen atoms in total. The average Bonchev–Trinajstić information content (AvgIpc) is 2.40. The Morgan fingerprint density at radius 1 is 1.43 bits per heavy atom. The Hall–Kier alpha value is -2.42. The maximum Gasteiger partial charge on any atom is 0.332 e. The fourth-order valence-corrected chi connectivity index (χ4v) is 2.09. The Morgan fingerprint density at radius 2 is 2.14 bits per heavy atom. The highest BCUT2D eigenvalue weighted by atomic mass is 79.9. The third kappa shape index (κ3) is 3.19. The molecular formula is C12H12BrN5O3. The molecule has 21 heavy (non-hydrogen) atoms. The number of nitrogens with two attached hydrogens (primary N) is 1. The molecule has 110 valence electrons. The summed E-state index contributed by atoms with van der Waals surface area (Å²) in [7, 11) is 1.53. The minimum absolute atomic E-state index is 0.0268. The molecule has 0 aliphatic carbocycles. The molecular weight excluding hydrogens is 342 g/mol. The number of benzene rings is 1. The van der Waals surface area contributed by atoms with Gasteiger partial charge in [-0.25, -0.2) is 4.98 Å². The van der Waals surface area contributed by atoms with E-state index in [0.717, 1.165) is 0 Å². The molecule has 3 N–H and O–H groups in total. The number of nitro groups is 1. The number of nitrogens with zero attached hydrogens (tertiary/aromatic N) is 3. The summed E-state index contributed by atoms with van der Waals surface area (Å²) in [5.74, 6) is 0.584. The summed E-state index contributed by atoms with van der Waals surface area (Å²) in [6, 6.07) is 5.19. The van der Waals surface area contributed by atoms with Gasteiger partial charge in [0.15, 0.2) is 0 Å². The van der Waals surface area contributed by atoms with Crippen LogP contribution in [0.1, 0.15) is 5.69 Å². The van der Waals surface area contributed by atoms with E-state index in [0.29, 0.717) is 15.9 Å². The van der Waals surface area contributed by atoms with Crippen LogP contribution >= 0.6 is 15.9 Å². The molecule has 0 aliphatic heterocycles. The van der Waals surface area contributed by atoms with Crippen molar-refractivity contribution < 1.29 is 9.66 Å². The zero-order valence-corrected chi connectivity index (χ0v) is 12.8. The molecule has 0 saturated carbocycles. The maximum atomic E-state index is 11.2. The van der Waals surface area contributed by atoms with Gasteiger partial charge >= 0.3 is 5.69 Å². The zero-order valence-electron chi connectivity index (χ0n) is 11.3. The van der Waals surface area contributed by atoms with E-state index in [-0.39, 0.29) is 23.1 Å². The maximum absolute atomic E-state index is 11.2. The summed E-state index contributed by atoms with van der Waals surface area (Å²) in [5.41, 5.74) is 6.09. The van der Waals surface area contributed by atoms with Crippen LogP contribution in [0.15, 0.2) is 22.7 Å². The monoisotopic (exact) mass is 353 g/mol. The van der Waals surface area contributed by atoms with Crippen LogP contribution in [-0.4, -0.2) is 22.0 Å². The van der Waals surface area contributed by atoms with Gasteiger partial charge in [0.2, 0.25) is 11.8 Å². The standard InChI is InChI=1S/C12H12BrN5O3/c1-6-10(18(19)20)11(17-12(14)15-6)16-9-5-7(21-2)3-4-8(9)13/h3-5H,1-2H3,(H3,14,15,16,17). The van der Waals surface area contributed by atoms with Crippen LogP contribution in [-0.2, 0) is 0 Å². The van der Waals surface area contributed by atoms with E-state index in [9.17, 15) is 10.1 Å². The first-order valence-corrected chi connectivity index (χ1v) is 6.60. The Kier molecular flexibility index (Phi) is 4.22. The minimum atomic E-state index is -0.550. The zero-order chi connectivity index (χ0) is 15.6. The predicted octanol–water partition coefficient (Wildman–Crippen LogP) is 2.79. The van der Waals surface area contributed by atoms with E-state index in [2.05, 4.69) is 31.2 Å². The molecule has 0 aliphatic rings. The van der Waals surface area contributed by atoms with Crippen molar-refractivity contribution >= 4 is 39.1 Å².